The first-order chi connectivity index (χ1) is 6.56. The number of hydrogen-bond acceptors (Lipinski definition) is 5. The molecular formula is C8H9NO4S. The summed E-state index contributed by atoms with van der Waals surface area (Å²) in [5.41, 5.74) is 0.363. The van der Waals surface area contributed by atoms with Gasteiger partial charge in [-0.2, -0.15) is 0 Å². The van der Waals surface area contributed by atoms with Crippen molar-refractivity contribution in [3.05, 3.63) is 15.6 Å². The van der Waals surface area contributed by atoms with Crippen LogP contribution in [0.4, 0.5) is 0 Å². The van der Waals surface area contributed by atoms with Crippen LogP contribution in [-0.4, -0.2) is 35.6 Å². The summed E-state index contributed by atoms with van der Waals surface area (Å²) in [5, 5.41) is 8.90. The SMILES string of the molecule is COCC(=O)c1nc(C)c(C(=O)O)s1. The van der Waals surface area contributed by atoms with Crippen LogP contribution in [0.2, 0.25) is 0 Å². The van der Waals surface area contributed by atoms with Gasteiger partial charge in [0.25, 0.3) is 0 Å². The number of nitrogens with zero attached hydrogens (tertiary/aromatic N) is 1. The minimum atomic E-state index is -1.06. The largest absolute Gasteiger partial charge is 0.477 e. The van der Waals surface area contributed by atoms with E-state index in [4.69, 9.17) is 5.11 Å². The van der Waals surface area contributed by atoms with Gasteiger partial charge in [0, 0.05) is 7.11 Å². The normalized spacial score (nSPS) is 10.1. The van der Waals surface area contributed by atoms with E-state index in [2.05, 4.69) is 9.72 Å². The molecule has 0 amide bonds. The van der Waals surface area contributed by atoms with E-state index in [1.807, 2.05) is 0 Å². The van der Waals surface area contributed by atoms with E-state index < -0.39 is 5.97 Å². The number of carbonyl (C=O) groups excluding carboxylic acids is 1. The molecule has 0 spiro atoms. The zero-order valence-corrected chi connectivity index (χ0v) is 8.55. The molecule has 0 bridgehead atoms. The summed E-state index contributed by atoms with van der Waals surface area (Å²) in [6.45, 7) is 1.48. The number of aryl methyl sites for hydroxylation is 1. The molecule has 1 N–H and O–H groups in total. The highest BCUT2D eigenvalue weighted by Gasteiger charge is 2.17. The maximum Gasteiger partial charge on any atom is 0.347 e. The predicted octanol–water partition coefficient (Wildman–Crippen LogP) is 0.979. The first-order valence-corrected chi connectivity index (χ1v) is 4.60. The summed E-state index contributed by atoms with van der Waals surface area (Å²) in [6, 6.07) is 0. The van der Waals surface area contributed by atoms with Gasteiger partial charge in [-0.15, -0.1) is 11.3 Å². The van der Waals surface area contributed by atoms with Crippen molar-refractivity contribution in [1.82, 2.24) is 4.98 Å². The summed E-state index contributed by atoms with van der Waals surface area (Å²) in [6.07, 6.45) is 0. The van der Waals surface area contributed by atoms with Gasteiger partial charge in [0.1, 0.15) is 11.5 Å². The standard InChI is InChI=1S/C8H9NO4S/c1-4-6(8(11)12)14-7(9-4)5(10)3-13-2/h3H2,1-2H3,(H,11,12). The molecule has 0 aliphatic carbocycles. The van der Waals surface area contributed by atoms with Crippen LogP contribution in [0.25, 0.3) is 0 Å². The molecule has 0 aliphatic rings. The Morgan fingerprint density at radius 1 is 1.57 bits per heavy atom. The number of carboxylic acids is 1. The fourth-order valence-corrected chi connectivity index (χ4v) is 1.74. The second kappa shape index (κ2) is 4.30. The Hall–Kier alpha value is -1.27. The van der Waals surface area contributed by atoms with Crippen molar-refractivity contribution in [3.63, 3.8) is 0 Å². The molecule has 0 radical (unpaired) electrons. The van der Waals surface area contributed by atoms with Crippen molar-refractivity contribution < 1.29 is 19.4 Å². The fourth-order valence-electron chi connectivity index (χ4n) is 0.907. The lowest BCUT2D eigenvalue weighted by molar-refractivity contribution is 0.0700. The topological polar surface area (TPSA) is 76.5 Å². The monoisotopic (exact) mass is 215 g/mol. The highest BCUT2D eigenvalue weighted by molar-refractivity contribution is 7.15. The maximum absolute atomic E-state index is 11.3. The number of methoxy groups -OCH3 is 1. The molecule has 0 fully saturated rings. The molecule has 6 heteroatoms. The lowest BCUT2D eigenvalue weighted by Crippen LogP contribution is -2.06. The zero-order chi connectivity index (χ0) is 10.7. The number of carbonyl (C=O) groups is 2. The van der Waals surface area contributed by atoms with Crippen LogP contribution in [-0.2, 0) is 4.74 Å². The van der Waals surface area contributed by atoms with Gasteiger partial charge >= 0.3 is 5.97 Å². The van der Waals surface area contributed by atoms with E-state index in [0.29, 0.717) is 5.69 Å². The number of aromatic nitrogens is 1. The Morgan fingerprint density at radius 3 is 2.64 bits per heavy atom. The Morgan fingerprint density at radius 2 is 2.21 bits per heavy atom. The molecule has 0 aliphatic heterocycles. The first kappa shape index (κ1) is 10.8. The van der Waals surface area contributed by atoms with Crippen molar-refractivity contribution >= 4 is 23.1 Å². The number of Topliss-reactive ketones (excluding diaryl/α,β-unsaturated/α-hetero) is 1. The molecule has 0 unspecified atom stereocenters. The van der Waals surface area contributed by atoms with Crippen LogP contribution >= 0.6 is 11.3 Å². The Kier molecular flexibility index (Phi) is 3.32. The molecule has 0 atom stereocenters. The second-order valence-electron chi connectivity index (χ2n) is 2.59. The van der Waals surface area contributed by atoms with Gasteiger partial charge in [-0.3, -0.25) is 4.79 Å². The zero-order valence-electron chi connectivity index (χ0n) is 7.73. The van der Waals surface area contributed by atoms with Gasteiger partial charge in [0.15, 0.2) is 5.01 Å². The number of ether oxygens (including phenoxy) is 1. The first-order valence-electron chi connectivity index (χ1n) is 3.79. The molecule has 1 heterocycles. The number of carboxylic acid groups (broad SMARTS) is 1. The van der Waals surface area contributed by atoms with Gasteiger partial charge in [0.2, 0.25) is 5.78 Å². The van der Waals surface area contributed by atoms with Gasteiger partial charge in [-0.1, -0.05) is 0 Å². The van der Waals surface area contributed by atoms with Gasteiger partial charge < -0.3 is 9.84 Å². The summed E-state index contributed by atoms with van der Waals surface area (Å²) >= 11 is 0.875. The van der Waals surface area contributed by atoms with Crippen molar-refractivity contribution in [2.75, 3.05) is 13.7 Å². The van der Waals surface area contributed by atoms with Crippen molar-refractivity contribution in [1.29, 1.82) is 0 Å². The molecule has 0 aromatic carbocycles. The van der Waals surface area contributed by atoms with E-state index in [0.717, 1.165) is 11.3 Å². The summed E-state index contributed by atoms with van der Waals surface area (Å²) in [7, 11) is 1.40. The Bertz CT molecular complexity index is 371. The van der Waals surface area contributed by atoms with Crippen LogP contribution in [0, 0.1) is 6.92 Å². The third kappa shape index (κ3) is 2.15. The minimum absolute atomic E-state index is 0.0774. The van der Waals surface area contributed by atoms with Crippen molar-refractivity contribution in [2.24, 2.45) is 0 Å². The Balaban J connectivity index is 2.96. The molecule has 0 saturated carbocycles. The lowest BCUT2D eigenvalue weighted by atomic mass is 10.4. The summed E-state index contributed by atoms with van der Waals surface area (Å²) in [5.74, 6) is -1.36. The third-order valence-corrected chi connectivity index (χ3v) is 2.69. The average Bonchev–Trinajstić information content (AvgIpc) is 2.48. The molecule has 14 heavy (non-hydrogen) atoms. The number of rotatable bonds is 4. The summed E-state index contributed by atoms with van der Waals surface area (Å²) in [4.78, 5) is 25.9. The van der Waals surface area contributed by atoms with Crippen molar-refractivity contribution in [2.45, 2.75) is 6.92 Å². The van der Waals surface area contributed by atoms with Crippen LogP contribution in [0.1, 0.15) is 25.2 Å². The lowest BCUT2D eigenvalue weighted by Gasteiger charge is -1.91. The van der Waals surface area contributed by atoms with E-state index in [1.54, 1.807) is 6.92 Å². The van der Waals surface area contributed by atoms with Crippen molar-refractivity contribution in [3.8, 4) is 0 Å². The Labute approximate surface area is 84.3 Å². The third-order valence-electron chi connectivity index (χ3n) is 1.50. The van der Waals surface area contributed by atoms with Crippen LogP contribution in [0.5, 0.6) is 0 Å². The fraction of sp³-hybridized carbons (Fsp3) is 0.375. The van der Waals surface area contributed by atoms with E-state index in [1.165, 1.54) is 7.11 Å². The minimum Gasteiger partial charge on any atom is -0.477 e. The van der Waals surface area contributed by atoms with Crippen LogP contribution in [0.3, 0.4) is 0 Å². The summed E-state index contributed by atoms with van der Waals surface area (Å²) < 4.78 is 4.64. The molecule has 5 nitrogen and oxygen atoms in total. The average molecular weight is 215 g/mol. The van der Waals surface area contributed by atoms with Gasteiger partial charge in [-0.05, 0) is 6.92 Å². The van der Waals surface area contributed by atoms with Gasteiger partial charge in [0.05, 0.1) is 5.69 Å². The number of aromatic carboxylic acids is 1. The number of hydrogen-bond donors (Lipinski definition) is 1. The highest BCUT2D eigenvalue weighted by atomic mass is 32.1. The van der Waals surface area contributed by atoms with Crippen LogP contribution < -0.4 is 0 Å². The van der Waals surface area contributed by atoms with E-state index >= 15 is 0 Å². The quantitative estimate of drug-likeness (QED) is 0.757. The molecule has 1 aromatic heterocycles. The molecule has 0 saturated heterocycles. The smallest absolute Gasteiger partial charge is 0.347 e. The van der Waals surface area contributed by atoms with Gasteiger partial charge in [-0.25, -0.2) is 9.78 Å². The van der Waals surface area contributed by atoms with E-state index in [9.17, 15) is 9.59 Å². The maximum atomic E-state index is 11.3. The molecule has 76 valence electrons. The number of thiazole rings is 1. The molecular weight excluding hydrogens is 206 g/mol. The van der Waals surface area contributed by atoms with Crippen LogP contribution in [0.15, 0.2) is 0 Å². The predicted molar refractivity (Wildman–Crippen MR) is 50.0 cm³/mol. The highest BCUT2D eigenvalue weighted by Crippen LogP contribution is 2.18. The molecule has 1 aromatic rings. The molecule has 1 rings (SSSR count). The van der Waals surface area contributed by atoms with E-state index in [-0.39, 0.29) is 22.3 Å². The number of ketones is 1. The second-order valence-corrected chi connectivity index (χ2v) is 3.59.